The molecule has 0 spiro atoms. The van der Waals surface area contributed by atoms with Crippen LogP contribution in [-0.2, 0) is 9.47 Å². The second-order valence-corrected chi connectivity index (χ2v) is 4.03. The molecule has 1 heterocycles. The summed E-state index contributed by atoms with van der Waals surface area (Å²) >= 11 is 0. The summed E-state index contributed by atoms with van der Waals surface area (Å²) in [4.78, 5) is 0. The van der Waals surface area contributed by atoms with Gasteiger partial charge in [0.1, 0.15) is 0 Å². The van der Waals surface area contributed by atoms with Gasteiger partial charge < -0.3 is 9.47 Å². The second kappa shape index (κ2) is 5.89. The average Bonchev–Trinajstić information content (AvgIpc) is 2.52. The smallest absolute Gasteiger partial charge is 0.163 e. The van der Waals surface area contributed by atoms with E-state index < -0.39 is 5.79 Å². The van der Waals surface area contributed by atoms with E-state index in [0.29, 0.717) is 6.61 Å². The lowest BCUT2D eigenvalue weighted by Gasteiger charge is -2.16. The topological polar surface area (TPSA) is 18.5 Å². The third-order valence-corrected chi connectivity index (χ3v) is 2.13. The third kappa shape index (κ3) is 4.96. The summed E-state index contributed by atoms with van der Waals surface area (Å²) in [5.74, 6) is -0.403. The summed E-state index contributed by atoms with van der Waals surface area (Å²) in [6, 6.07) is 0. The fourth-order valence-corrected chi connectivity index (χ4v) is 1.43. The van der Waals surface area contributed by atoms with Crippen molar-refractivity contribution in [1.82, 2.24) is 0 Å². The summed E-state index contributed by atoms with van der Waals surface area (Å²) in [6.45, 7) is 6.58. The molecule has 1 aliphatic rings. The Morgan fingerprint density at radius 3 is 2.53 bits per heavy atom. The maximum absolute atomic E-state index is 5.66. The molecule has 1 unspecified atom stereocenters. The predicted octanol–water partition coefficient (Wildman–Crippen LogP) is 3.22. The van der Waals surface area contributed by atoms with Crippen LogP contribution in [0.5, 0.6) is 0 Å². The van der Waals surface area contributed by atoms with Crippen LogP contribution >= 0.6 is 0 Å². The molecule has 0 radical (unpaired) electrons. The molecule has 1 atom stereocenters. The van der Waals surface area contributed by atoms with Crippen LogP contribution in [0.1, 0.15) is 27.2 Å². The molecule has 0 aromatic rings. The van der Waals surface area contributed by atoms with Crippen LogP contribution in [0.2, 0.25) is 0 Å². The maximum Gasteiger partial charge on any atom is 0.163 e. The maximum atomic E-state index is 5.66. The number of allylic oxidation sites excluding steroid dienone is 5. The summed E-state index contributed by atoms with van der Waals surface area (Å²) in [5, 5.41) is 0. The van der Waals surface area contributed by atoms with Crippen LogP contribution in [0.15, 0.2) is 36.5 Å². The van der Waals surface area contributed by atoms with E-state index in [9.17, 15) is 0 Å². The Hall–Kier alpha value is -0.860. The fourth-order valence-electron chi connectivity index (χ4n) is 1.43. The Morgan fingerprint density at radius 1 is 1.20 bits per heavy atom. The molecule has 0 aromatic carbocycles. The summed E-state index contributed by atoms with van der Waals surface area (Å²) in [6.07, 6.45) is 13.3. The van der Waals surface area contributed by atoms with Crippen LogP contribution in [-0.4, -0.2) is 18.5 Å². The first-order chi connectivity index (χ1) is 7.14. The van der Waals surface area contributed by atoms with Crippen LogP contribution in [0.4, 0.5) is 0 Å². The largest absolute Gasteiger partial charge is 0.348 e. The van der Waals surface area contributed by atoms with E-state index in [2.05, 4.69) is 6.08 Å². The highest BCUT2D eigenvalue weighted by Gasteiger charge is 2.31. The zero-order chi connectivity index (χ0) is 11.1. The van der Waals surface area contributed by atoms with Crippen molar-refractivity contribution in [2.24, 2.45) is 0 Å². The van der Waals surface area contributed by atoms with Crippen molar-refractivity contribution in [3.05, 3.63) is 36.5 Å². The van der Waals surface area contributed by atoms with Gasteiger partial charge in [0.05, 0.1) is 12.7 Å². The molecule has 0 N–H and O–H groups in total. The van der Waals surface area contributed by atoms with Crippen molar-refractivity contribution in [2.75, 3.05) is 6.61 Å². The minimum Gasteiger partial charge on any atom is -0.348 e. The Kier molecular flexibility index (Phi) is 4.79. The minimum atomic E-state index is -0.403. The van der Waals surface area contributed by atoms with Gasteiger partial charge in [-0.15, -0.1) is 0 Å². The number of rotatable bonds is 4. The minimum absolute atomic E-state index is 0.200. The lowest BCUT2D eigenvalue weighted by atomic mass is 10.2. The molecular formula is C13H20O2. The van der Waals surface area contributed by atoms with E-state index in [0.717, 1.165) is 6.42 Å². The molecule has 2 heteroatoms. The Morgan fingerprint density at radius 2 is 1.93 bits per heavy atom. The fraction of sp³-hybridized carbons (Fsp3) is 0.538. The van der Waals surface area contributed by atoms with E-state index >= 15 is 0 Å². The van der Waals surface area contributed by atoms with Crippen LogP contribution < -0.4 is 0 Å². The van der Waals surface area contributed by atoms with Crippen LogP contribution in [0.25, 0.3) is 0 Å². The molecule has 1 fully saturated rings. The molecule has 0 aromatic heterocycles. The molecule has 2 nitrogen and oxygen atoms in total. The lowest BCUT2D eigenvalue weighted by Crippen LogP contribution is -2.21. The zero-order valence-electron chi connectivity index (χ0n) is 9.77. The highest BCUT2D eigenvalue weighted by Crippen LogP contribution is 2.24. The molecule has 1 aliphatic heterocycles. The van der Waals surface area contributed by atoms with Gasteiger partial charge in [-0.05, 0) is 27.2 Å². The van der Waals surface area contributed by atoms with E-state index in [-0.39, 0.29) is 6.10 Å². The van der Waals surface area contributed by atoms with Crippen molar-refractivity contribution in [2.45, 2.75) is 39.1 Å². The van der Waals surface area contributed by atoms with Crippen molar-refractivity contribution in [3.8, 4) is 0 Å². The van der Waals surface area contributed by atoms with Crippen molar-refractivity contribution in [3.63, 3.8) is 0 Å². The van der Waals surface area contributed by atoms with Crippen molar-refractivity contribution >= 4 is 0 Å². The summed E-state index contributed by atoms with van der Waals surface area (Å²) in [7, 11) is 0. The Labute approximate surface area is 92.3 Å². The van der Waals surface area contributed by atoms with E-state index in [1.807, 2.05) is 51.2 Å². The van der Waals surface area contributed by atoms with E-state index in [1.54, 1.807) is 0 Å². The SMILES string of the molecule is CC=CC=CC=CCC1COC(C)(C)O1. The van der Waals surface area contributed by atoms with Gasteiger partial charge in [0.25, 0.3) is 0 Å². The second-order valence-electron chi connectivity index (χ2n) is 4.03. The molecular weight excluding hydrogens is 188 g/mol. The standard InChI is InChI=1S/C13H20O2/c1-4-5-6-7-8-9-10-12-11-14-13(2,3)15-12/h4-9,12H,10-11H2,1-3H3. The first kappa shape index (κ1) is 12.2. The molecule has 84 valence electrons. The monoisotopic (exact) mass is 208 g/mol. The van der Waals surface area contributed by atoms with Crippen molar-refractivity contribution < 1.29 is 9.47 Å². The van der Waals surface area contributed by atoms with Gasteiger partial charge in [-0.25, -0.2) is 0 Å². The zero-order valence-corrected chi connectivity index (χ0v) is 9.77. The van der Waals surface area contributed by atoms with Gasteiger partial charge >= 0.3 is 0 Å². The average molecular weight is 208 g/mol. The number of ether oxygens (including phenoxy) is 2. The highest BCUT2D eigenvalue weighted by molar-refractivity contribution is 5.10. The van der Waals surface area contributed by atoms with E-state index in [4.69, 9.17) is 9.47 Å². The van der Waals surface area contributed by atoms with E-state index in [1.165, 1.54) is 0 Å². The van der Waals surface area contributed by atoms with Gasteiger partial charge in [-0.3, -0.25) is 0 Å². The van der Waals surface area contributed by atoms with Gasteiger partial charge in [-0.2, -0.15) is 0 Å². The number of hydrogen-bond donors (Lipinski definition) is 0. The normalized spacial score (nSPS) is 26.2. The Bertz CT molecular complexity index is 262. The first-order valence-electron chi connectivity index (χ1n) is 5.40. The van der Waals surface area contributed by atoms with Gasteiger partial charge in [-0.1, -0.05) is 36.5 Å². The van der Waals surface area contributed by atoms with Crippen molar-refractivity contribution in [1.29, 1.82) is 0 Å². The number of hydrogen-bond acceptors (Lipinski definition) is 2. The molecule has 1 saturated heterocycles. The summed E-state index contributed by atoms with van der Waals surface area (Å²) < 4.78 is 11.1. The lowest BCUT2D eigenvalue weighted by molar-refractivity contribution is -0.137. The Balaban J connectivity index is 2.21. The quantitative estimate of drug-likeness (QED) is 0.660. The van der Waals surface area contributed by atoms with Crippen LogP contribution in [0, 0.1) is 0 Å². The van der Waals surface area contributed by atoms with Gasteiger partial charge in [0.2, 0.25) is 0 Å². The molecule has 0 aliphatic carbocycles. The molecule has 15 heavy (non-hydrogen) atoms. The molecule has 0 saturated carbocycles. The highest BCUT2D eigenvalue weighted by atomic mass is 16.7. The summed E-state index contributed by atoms with van der Waals surface area (Å²) in [5.41, 5.74) is 0. The molecule has 0 bridgehead atoms. The van der Waals surface area contributed by atoms with Crippen LogP contribution in [0.3, 0.4) is 0 Å². The molecule has 1 rings (SSSR count). The van der Waals surface area contributed by atoms with Gasteiger partial charge in [0, 0.05) is 0 Å². The third-order valence-electron chi connectivity index (χ3n) is 2.13. The molecule has 0 amide bonds. The predicted molar refractivity (Wildman–Crippen MR) is 62.6 cm³/mol. The van der Waals surface area contributed by atoms with Gasteiger partial charge in [0.15, 0.2) is 5.79 Å². The first-order valence-corrected chi connectivity index (χ1v) is 5.40.